The van der Waals surface area contributed by atoms with Gasteiger partial charge in [-0.15, -0.1) is 0 Å². The molecule has 1 fully saturated rings. The molecule has 1 saturated carbocycles. The summed E-state index contributed by atoms with van der Waals surface area (Å²) in [6.07, 6.45) is 5.76. The molecule has 0 radical (unpaired) electrons. The summed E-state index contributed by atoms with van der Waals surface area (Å²) < 4.78 is 0. The highest BCUT2D eigenvalue weighted by atomic mass is 16.2. The summed E-state index contributed by atoms with van der Waals surface area (Å²) in [5.41, 5.74) is 3.24. The molecule has 1 heterocycles. The van der Waals surface area contributed by atoms with E-state index < -0.39 is 0 Å². The van der Waals surface area contributed by atoms with Crippen LogP contribution in [-0.4, -0.2) is 11.9 Å². The molecular formula is C15H20N2O. The Hall–Kier alpha value is -1.51. The highest BCUT2D eigenvalue weighted by Gasteiger charge is 2.32. The Balaban J connectivity index is 1.96. The molecule has 0 aromatic heterocycles. The van der Waals surface area contributed by atoms with Crippen LogP contribution in [0.3, 0.4) is 0 Å². The molecule has 0 saturated heterocycles. The highest BCUT2D eigenvalue weighted by molar-refractivity contribution is 5.98. The minimum absolute atomic E-state index is 0.125. The van der Waals surface area contributed by atoms with Crippen LogP contribution in [0.5, 0.6) is 0 Å². The van der Waals surface area contributed by atoms with Gasteiger partial charge in [0.1, 0.15) is 0 Å². The van der Waals surface area contributed by atoms with Crippen molar-refractivity contribution in [3.05, 3.63) is 23.8 Å². The van der Waals surface area contributed by atoms with Crippen LogP contribution in [0.2, 0.25) is 0 Å². The Morgan fingerprint density at radius 3 is 2.83 bits per heavy atom. The van der Waals surface area contributed by atoms with Gasteiger partial charge in [-0.2, -0.15) is 0 Å². The maximum absolute atomic E-state index is 12.3. The van der Waals surface area contributed by atoms with Crippen molar-refractivity contribution in [2.75, 3.05) is 10.6 Å². The van der Waals surface area contributed by atoms with Crippen molar-refractivity contribution in [3.63, 3.8) is 0 Å². The summed E-state index contributed by atoms with van der Waals surface area (Å²) in [4.78, 5) is 12.3. The van der Waals surface area contributed by atoms with E-state index in [1.54, 1.807) is 0 Å². The molecule has 3 heteroatoms. The summed E-state index contributed by atoms with van der Waals surface area (Å²) >= 11 is 0. The average Bonchev–Trinajstić information content (AvgIpc) is 2.63. The molecule has 2 atom stereocenters. The van der Waals surface area contributed by atoms with Gasteiger partial charge in [-0.25, -0.2) is 0 Å². The fourth-order valence-corrected chi connectivity index (χ4v) is 3.11. The second-order valence-corrected chi connectivity index (χ2v) is 5.53. The topological polar surface area (TPSA) is 41.1 Å². The molecule has 1 aliphatic carbocycles. The number of hydrogen-bond donors (Lipinski definition) is 2. The zero-order valence-electron chi connectivity index (χ0n) is 10.8. The first kappa shape index (κ1) is 11.6. The van der Waals surface area contributed by atoms with E-state index in [9.17, 15) is 4.79 Å². The van der Waals surface area contributed by atoms with Crippen molar-refractivity contribution in [2.24, 2.45) is 5.92 Å². The van der Waals surface area contributed by atoms with Crippen LogP contribution in [0.15, 0.2) is 18.2 Å². The van der Waals surface area contributed by atoms with Crippen molar-refractivity contribution in [2.45, 2.75) is 45.1 Å². The van der Waals surface area contributed by atoms with Gasteiger partial charge in [-0.05, 0) is 37.5 Å². The van der Waals surface area contributed by atoms with Gasteiger partial charge in [-0.1, -0.05) is 25.3 Å². The molecule has 96 valence electrons. The van der Waals surface area contributed by atoms with E-state index in [0.717, 1.165) is 24.2 Å². The molecule has 1 aromatic carbocycles. The number of fused-ring (bicyclic) bond motifs is 2. The van der Waals surface area contributed by atoms with Crippen LogP contribution in [0.25, 0.3) is 0 Å². The number of rotatable bonds is 0. The highest BCUT2D eigenvalue weighted by Crippen LogP contribution is 2.34. The molecular weight excluding hydrogens is 224 g/mol. The monoisotopic (exact) mass is 244 g/mol. The molecule has 2 N–H and O–H groups in total. The number of anilines is 2. The van der Waals surface area contributed by atoms with Gasteiger partial charge < -0.3 is 10.6 Å². The lowest BCUT2D eigenvalue weighted by molar-refractivity contribution is -0.120. The smallest absolute Gasteiger partial charge is 0.229 e. The quantitative estimate of drug-likeness (QED) is 0.735. The van der Waals surface area contributed by atoms with E-state index in [1.165, 1.54) is 24.8 Å². The maximum atomic E-state index is 12.3. The Bertz CT molecular complexity index is 470. The van der Waals surface area contributed by atoms with Gasteiger partial charge in [0.05, 0.1) is 17.3 Å². The van der Waals surface area contributed by atoms with Crippen LogP contribution >= 0.6 is 0 Å². The first-order valence-corrected chi connectivity index (χ1v) is 6.92. The summed E-state index contributed by atoms with van der Waals surface area (Å²) in [5.74, 6) is 0.317. The van der Waals surface area contributed by atoms with E-state index in [0.29, 0.717) is 6.04 Å². The Morgan fingerprint density at radius 1 is 1.11 bits per heavy atom. The van der Waals surface area contributed by atoms with Crippen LogP contribution in [-0.2, 0) is 4.79 Å². The first-order chi connectivity index (χ1) is 8.74. The number of hydrogen-bond acceptors (Lipinski definition) is 2. The maximum Gasteiger partial charge on any atom is 0.229 e. The van der Waals surface area contributed by atoms with Crippen LogP contribution in [0.1, 0.15) is 37.7 Å². The predicted octanol–water partition coefficient (Wildman–Crippen LogP) is 3.31. The molecule has 2 unspecified atom stereocenters. The van der Waals surface area contributed by atoms with Gasteiger partial charge in [0.25, 0.3) is 0 Å². The van der Waals surface area contributed by atoms with E-state index in [2.05, 4.69) is 23.6 Å². The third kappa shape index (κ3) is 2.09. The zero-order valence-corrected chi connectivity index (χ0v) is 10.8. The largest absolute Gasteiger partial charge is 0.380 e. The van der Waals surface area contributed by atoms with Crippen molar-refractivity contribution in [3.8, 4) is 0 Å². The molecule has 18 heavy (non-hydrogen) atoms. The first-order valence-electron chi connectivity index (χ1n) is 6.92. The number of aryl methyl sites for hydroxylation is 1. The molecule has 2 aliphatic rings. The number of benzene rings is 1. The lowest BCUT2D eigenvalue weighted by atomic mass is 9.94. The van der Waals surface area contributed by atoms with E-state index >= 15 is 0 Å². The fourth-order valence-electron chi connectivity index (χ4n) is 3.11. The van der Waals surface area contributed by atoms with E-state index in [1.807, 2.05) is 12.1 Å². The Labute approximate surface area is 108 Å². The third-order valence-electron chi connectivity index (χ3n) is 4.13. The van der Waals surface area contributed by atoms with Crippen molar-refractivity contribution >= 4 is 17.3 Å². The number of nitrogens with one attached hydrogen (secondary N) is 2. The molecule has 0 bridgehead atoms. The summed E-state index contributed by atoms with van der Waals surface area (Å²) in [6.45, 7) is 2.08. The predicted molar refractivity (Wildman–Crippen MR) is 73.8 cm³/mol. The van der Waals surface area contributed by atoms with Crippen molar-refractivity contribution < 1.29 is 4.79 Å². The molecule has 1 amide bonds. The van der Waals surface area contributed by atoms with Crippen molar-refractivity contribution in [1.29, 1.82) is 0 Å². The molecule has 3 rings (SSSR count). The van der Waals surface area contributed by atoms with Gasteiger partial charge in [0, 0.05) is 6.04 Å². The summed E-state index contributed by atoms with van der Waals surface area (Å²) in [6, 6.07) is 6.47. The fraction of sp³-hybridized carbons (Fsp3) is 0.533. The number of amides is 1. The molecule has 1 aromatic rings. The molecule has 3 nitrogen and oxygen atoms in total. The zero-order chi connectivity index (χ0) is 12.5. The van der Waals surface area contributed by atoms with Gasteiger partial charge in [-0.3, -0.25) is 4.79 Å². The Morgan fingerprint density at radius 2 is 1.94 bits per heavy atom. The molecule has 0 spiro atoms. The standard InChI is InChI=1S/C15H20N2O/c1-10-7-8-13-14(9-10)16-12-6-4-2-3-5-11(12)15(18)17-13/h7-9,11-12,16H,2-6H2,1H3,(H,17,18). The Kier molecular flexibility index (Phi) is 2.98. The van der Waals surface area contributed by atoms with Crippen LogP contribution in [0.4, 0.5) is 11.4 Å². The average molecular weight is 244 g/mol. The normalized spacial score (nSPS) is 27.1. The van der Waals surface area contributed by atoms with Crippen LogP contribution in [0, 0.1) is 12.8 Å². The molecule has 1 aliphatic heterocycles. The third-order valence-corrected chi connectivity index (χ3v) is 4.13. The second kappa shape index (κ2) is 4.63. The van der Waals surface area contributed by atoms with Gasteiger partial charge in [0.15, 0.2) is 0 Å². The van der Waals surface area contributed by atoms with Crippen LogP contribution < -0.4 is 10.6 Å². The summed E-state index contributed by atoms with van der Waals surface area (Å²) in [5, 5.41) is 6.66. The van der Waals surface area contributed by atoms with Crippen molar-refractivity contribution in [1.82, 2.24) is 0 Å². The van der Waals surface area contributed by atoms with Gasteiger partial charge >= 0.3 is 0 Å². The second-order valence-electron chi connectivity index (χ2n) is 5.53. The lowest BCUT2D eigenvalue weighted by Crippen LogP contribution is -2.34. The van der Waals surface area contributed by atoms with E-state index in [-0.39, 0.29) is 11.8 Å². The number of carbonyl (C=O) groups excluding carboxylic acids is 1. The van der Waals surface area contributed by atoms with Gasteiger partial charge in [0.2, 0.25) is 5.91 Å². The minimum Gasteiger partial charge on any atom is -0.380 e. The minimum atomic E-state index is 0.125. The summed E-state index contributed by atoms with van der Waals surface area (Å²) in [7, 11) is 0. The van der Waals surface area contributed by atoms with E-state index in [4.69, 9.17) is 0 Å². The SMILES string of the molecule is Cc1ccc2c(c1)NC1CCCCCC1C(=O)N2. The number of carbonyl (C=O) groups is 1. The lowest BCUT2D eigenvalue weighted by Gasteiger charge is -2.22.